The van der Waals surface area contributed by atoms with Gasteiger partial charge < -0.3 is 15.4 Å². The van der Waals surface area contributed by atoms with E-state index in [0.717, 1.165) is 6.54 Å². The fraction of sp³-hybridized carbons (Fsp3) is 0.333. The Hall–Kier alpha value is -2.03. The molecule has 1 amide bonds. The zero-order valence-electron chi connectivity index (χ0n) is 11.0. The summed E-state index contributed by atoms with van der Waals surface area (Å²) in [5, 5.41) is 17.2. The predicted octanol–water partition coefficient (Wildman–Crippen LogP) is 0.243. The Balaban J connectivity index is 1.78. The first kappa shape index (κ1) is 13.9. The molecule has 110 valence electrons. The lowest BCUT2D eigenvalue weighted by Crippen LogP contribution is -2.45. The second-order valence-electron chi connectivity index (χ2n) is 4.47. The number of nitrogens with one attached hydrogen (secondary N) is 2. The van der Waals surface area contributed by atoms with Crippen LogP contribution in [0.15, 0.2) is 24.5 Å². The highest BCUT2D eigenvalue weighted by Crippen LogP contribution is 2.24. The minimum Gasteiger partial charge on any atom is -0.366 e. The molecule has 1 aromatic carbocycles. The molecule has 3 rings (SSSR count). The first-order chi connectivity index (χ1) is 10.2. The first-order valence-electron chi connectivity index (χ1n) is 6.40. The normalized spacial score (nSPS) is 18.4. The van der Waals surface area contributed by atoms with Gasteiger partial charge in [0.2, 0.25) is 0 Å². The monoisotopic (exact) mass is 308 g/mol. The molecule has 1 fully saturated rings. The number of morpholine rings is 1. The van der Waals surface area contributed by atoms with E-state index in [1.807, 2.05) is 0 Å². The number of amides is 1. The van der Waals surface area contributed by atoms with Gasteiger partial charge in [-0.1, -0.05) is 11.6 Å². The lowest BCUT2D eigenvalue weighted by Gasteiger charge is -2.23. The summed E-state index contributed by atoms with van der Waals surface area (Å²) in [4.78, 5) is 12.1. The average Bonchev–Trinajstić information content (AvgIpc) is 3.04. The second-order valence-corrected chi connectivity index (χ2v) is 4.88. The number of aromatic nitrogens is 4. The smallest absolute Gasteiger partial charge is 0.254 e. The summed E-state index contributed by atoms with van der Waals surface area (Å²) in [6.07, 6.45) is 0.940. The van der Waals surface area contributed by atoms with Gasteiger partial charge in [0.15, 0.2) is 0 Å². The number of hydrogen-bond acceptors (Lipinski definition) is 6. The molecular weight excluding hydrogens is 296 g/mol. The molecule has 2 aromatic rings. The molecule has 21 heavy (non-hydrogen) atoms. The Morgan fingerprint density at radius 3 is 3.14 bits per heavy atom. The number of ether oxygens (including phenoxy) is 1. The average molecular weight is 309 g/mol. The van der Waals surface area contributed by atoms with E-state index in [0.29, 0.717) is 29.5 Å². The maximum Gasteiger partial charge on any atom is 0.254 e. The van der Waals surface area contributed by atoms with Crippen molar-refractivity contribution in [3.8, 4) is 5.69 Å². The molecule has 0 radical (unpaired) electrons. The molecule has 0 aliphatic carbocycles. The molecule has 9 heteroatoms. The predicted molar refractivity (Wildman–Crippen MR) is 75.4 cm³/mol. The van der Waals surface area contributed by atoms with Crippen molar-refractivity contribution in [2.45, 2.75) is 6.10 Å². The van der Waals surface area contributed by atoms with Gasteiger partial charge >= 0.3 is 0 Å². The van der Waals surface area contributed by atoms with E-state index in [4.69, 9.17) is 16.3 Å². The van der Waals surface area contributed by atoms with Gasteiger partial charge in [0, 0.05) is 13.1 Å². The summed E-state index contributed by atoms with van der Waals surface area (Å²) < 4.78 is 6.88. The number of rotatable bonds is 3. The van der Waals surface area contributed by atoms with Crippen LogP contribution in [0.1, 0.15) is 0 Å². The number of carbonyl (C=O) groups excluding carboxylic acids is 1. The van der Waals surface area contributed by atoms with Crippen molar-refractivity contribution in [1.82, 2.24) is 25.5 Å². The number of nitrogens with zero attached hydrogens (tertiary/aromatic N) is 4. The largest absolute Gasteiger partial charge is 0.366 e. The highest BCUT2D eigenvalue weighted by Gasteiger charge is 2.22. The standard InChI is InChI=1S/C12H13ClN6O2/c13-9-2-1-8(19-7-15-17-18-19)5-10(9)16-12(20)11-6-14-3-4-21-11/h1-2,5,7,11,14H,3-4,6H2,(H,16,20). The van der Waals surface area contributed by atoms with Gasteiger partial charge in [-0.05, 0) is 28.6 Å². The van der Waals surface area contributed by atoms with Gasteiger partial charge in [0.05, 0.1) is 23.0 Å². The number of halogens is 1. The van der Waals surface area contributed by atoms with E-state index in [2.05, 4.69) is 26.2 Å². The van der Waals surface area contributed by atoms with E-state index in [9.17, 15) is 4.79 Å². The van der Waals surface area contributed by atoms with E-state index >= 15 is 0 Å². The van der Waals surface area contributed by atoms with Crippen molar-refractivity contribution in [2.24, 2.45) is 0 Å². The summed E-state index contributed by atoms with van der Waals surface area (Å²) >= 11 is 6.11. The second kappa shape index (κ2) is 6.17. The number of anilines is 1. The minimum atomic E-state index is -0.522. The number of hydrogen-bond donors (Lipinski definition) is 2. The number of benzene rings is 1. The van der Waals surface area contributed by atoms with Crippen LogP contribution in [0, 0.1) is 0 Å². The van der Waals surface area contributed by atoms with Gasteiger partial charge in [-0.15, -0.1) is 5.10 Å². The molecule has 1 atom stereocenters. The SMILES string of the molecule is O=C(Nc1cc(-n2cnnn2)ccc1Cl)C1CNCCO1. The summed E-state index contributed by atoms with van der Waals surface area (Å²) in [6, 6.07) is 5.13. The Kier molecular flexibility index (Phi) is 4.09. The molecule has 2 N–H and O–H groups in total. The third kappa shape index (κ3) is 3.18. The van der Waals surface area contributed by atoms with Gasteiger partial charge in [0.25, 0.3) is 5.91 Å². The highest BCUT2D eigenvalue weighted by atomic mass is 35.5. The number of carbonyl (C=O) groups is 1. The Bertz CT molecular complexity index is 627. The Morgan fingerprint density at radius 2 is 2.43 bits per heavy atom. The van der Waals surface area contributed by atoms with Crippen molar-refractivity contribution in [3.05, 3.63) is 29.5 Å². The lowest BCUT2D eigenvalue weighted by atomic mass is 10.2. The molecule has 1 aliphatic heterocycles. The summed E-state index contributed by atoms with van der Waals surface area (Å²) in [7, 11) is 0. The van der Waals surface area contributed by atoms with Crippen LogP contribution in [0.3, 0.4) is 0 Å². The van der Waals surface area contributed by atoms with Gasteiger partial charge in [-0.25, -0.2) is 4.68 Å². The fourth-order valence-electron chi connectivity index (χ4n) is 1.98. The van der Waals surface area contributed by atoms with E-state index in [1.54, 1.807) is 18.2 Å². The van der Waals surface area contributed by atoms with E-state index in [1.165, 1.54) is 11.0 Å². The molecule has 0 bridgehead atoms. The molecule has 1 aliphatic rings. The van der Waals surface area contributed by atoms with Crippen LogP contribution in [0.2, 0.25) is 5.02 Å². The van der Waals surface area contributed by atoms with Crippen molar-refractivity contribution >= 4 is 23.2 Å². The van der Waals surface area contributed by atoms with Crippen LogP contribution in [0.25, 0.3) is 5.69 Å². The molecule has 8 nitrogen and oxygen atoms in total. The molecule has 0 spiro atoms. The van der Waals surface area contributed by atoms with Crippen LogP contribution in [0.5, 0.6) is 0 Å². The third-order valence-electron chi connectivity index (χ3n) is 3.04. The summed E-state index contributed by atoms with van der Waals surface area (Å²) in [5.74, 6) is -0.238. The van der Waals surface area contributed by atoms with Crippen molar-refractivity contribution in [3.63, 3.8) is 0 Å². The Labute approximate surface area is 125 Å². The number of tetrazole rings is 1. The fourth-order valence-corrected chi connectivity index (χ4v) is 2.14. The maximum atomic E-state index is 12.1. The van der Waals surface area contributed by atoms with Crippen LogP contribution in [-0.2, 0) is 9.53 Å². The molecular formula is C12H13ClN6O2. The van der Waals surface area contributed by atoms with Crippen LogP contribution >= 0.6 is 11.6 Å². The van der Waals surface area contributed by atoms with Crippen molar-refractivity contribution in [2.75, 3.05) is 25.0 Å². The first-order valence-corrected chi connectivity index (χ1v) is 6.78. The molecule has 2 heterocycles. The summed E-state index contributed by atoms with van der Waals surface area (Å²) in [6.45, 7) is 1.74. The van der Waals surface area contributed by atoms with Crippen LogP contribution in [-0.4, -0.2) is 51.9 Å². The van der Waals surface area contributed by atoms with Crippen molar-refractivity contribution < 1.29 is 9.53 Å². The van der Waals surface area contributed by atoms with Crippen molar-refractivity contribution in [1.29, 1.82) is 0 Å². The molecule has 0 saturated carbocycles. The van der Waals surface area contributed by atoms with Gasteiger partial charge in [-0.2, -0.15) is 0 Å². The molecule has 1 unspecified atom stereocenters. The zero-order valence-corrected chi connectivity index (χ0v) is 11.7. The van der Waals surface area contributed by atoms with Gasteiger partial charge in [-0.3, -0.25) is 4.79 Å². The van der Waals surface area contributed by atoms with E-state index < -0.39 is 6.10 Å². The highest BCUT2D eigenvalue weighted by molar-refractivity contribution is 6.33. The molecule has 1 saturated heterocycles. The minimum absolute atomic E-state index is 0.238. The quantitative estimate of drug-likeness (QED) is 0.844. The topological polar surface area (TPSA) is 94.0 Å². The Morgan fingerprint density at radius 1 is 1.52 bits per heavy atom. The third-order valence-corrected chi connectivity index (χ3v) is 3.37. The zero-order chi connectivity index (χ0) is 14.7. The lowest BCUT2D eigenvalue weighted by molar-refractivity contribution is -0.128. The van der Waals surface area contributed by atoms with Gasteiger partial charge in [0.1, 0.15) is 12.4 Å². The molecule has 1 aromatic heterocycles. The van der Waals surface area contributed by atoms with Crippen LogP contribution < -0.4 is 10.6 Å². The van der Waals surface area contributed by atoms with E-state index in [-0.39, 0.29) is 5.91 Å². The van der Waals surface area contributed by atoms with Crippen LogP contribution in [0.4, 0.5) is 5.69 Å². The summed E-state index contributed by atoms with van der Waals surface area (Å²) in [5.41, 5.74) is 1.19. The maximum absolute atomic E-state index is 12.1.